The van der Waals surface area contributed by atoms with Gasteiger partial charge in [0.15, 0.2) is 0 Å². The minimum Gasteiger partial charge on any atom is -0.468 e. The fraction of sp³-hybridized carbons (Fsp3) is 0.375. The molecule has 0 spiro atoms. The molecular weight excluding hydrogens is 241 g/mol. The van der Waals surface area contributed by atoms with Crippen molar-refractivity contribution >= 4 is 0 Å². The Labute approximate surface area is 112 Å². The summed E-state index contributed by atoms with van der Waals surface area (Å²) in [5.74, 6) is 1.22. The first kappa shape index (κ1) is 12.4. The van der Waals surface area contributed by atoms with Crippen molar-refractivity contribution in [3.05, 3.63) is 59.8 Å². The fourth-order valence-corrected chi connectivity index (χ4v) is 2.79. The van der Waals surface area contributed by atoms with Crippen molar-refractivity contribution in [3.8, 4) is 0 Å². The molecule has 19 heavy (non-hydrogen) atoms. The van der Waals surface area contributed by atoms with Crippen molar-refractivity contribution in [3.63, 3.8) is 0 Å². The Morgan fingerprint density at radius 2 is 2.00 bits per heavy atom. The normalized spacial score (nSPS) is 23.9. The number of benzene rings is 1. The van der Waals surface area contributed by atoms with Gasteiger partial charge in [0, 0.05) is 6.04 Å². The standard InChI is InChI=1S/C16H18FNO/c1-11(16-7-4-8-19-16)18-13-9-12(10-13)14-5-2-3-6-15(14)17/h2-8,11-13,18H,9-10H2,1H3/t11-,12?,13?/m0/s1. The molecule has 0 radical (unpaired) electrons. The lowest BCUT2D eigenvalue weighted by molar-refractivity contribution is 0.255. The molecule has 1 aromatic carbocycles. The average Bonchev–Trinajstić information content (AvgIpc) is 2.88. The highest BCUT2D eigenvalue weighted by Crippen LogP contribution is 2.38. The first-order chi connectivity index (χ1) is 9.24. The van der Waals surface area contributed by atoms with Gasteiger partial charge in [0.1, 0.15) is 11.6 Å². The third-order valence-corrected chi connectivity index (χ3v) is 3.94. The van der Waals surface area contributed by atoms with E-state index >= 15 is 0 Å². The van der Waals surface area contributed by atoms with Gasteiger partial charge in [-0.1, -0.05) is 18.2 Å². The number of hydrogen-bond donors (Lipinski definition) is 1. The molecule has 100 valence electrons. The molecule has 2 nitrogen and oxygen atoms in total. The monoisotopic (exact) mass is 259 g/mol. The van der Waals surface area contributed by atoms with Crippen LogP contribution in [0.25, 0.3) is 0 Å². The van der Waals surface area contributed by atoms with Crippen molar-refractivity contribution in [2.75, 3.05) is 0 Å². The van der Waals surface area contributed by atoms with Crippen LogP contribution in [0.2, 0.25) is 0 Å². The lowest BCUT2D eigenvalue weighted by atomic mass is 9.75. The lowest BCUT2D eigenvalue weighted by Gasteiger charge is -2.38. The maximum Gasteiger partial charge on any atom is 0.126 e. The molecule has 1 saturated carbocycles. The van der Waals surface area contributed by atoms with Crippen molar-refractivity contribution in [1.82, 2.24) is 5.32 Å². The van der Waals surface area contributed by atoms with Crippen LogP contribution in [-0.2, 0) is 0 Å². The SMILES string of the molecule is C[C@H](NC1CC(c2ccccc2F)C1)c1ccco1. The van der Waals surface area contributed by atoms with E-state index in [0.29, 0.717) is 12.0 Å². The van der Waals surface area contributed by atoms with Crippen LogP contribution in [0.5, 0.6) is 0 Å². The van der Waals surface area contributed by atoms with E-state index in [9.17, 15) is 4.39 Å². The minimum atomic E-state index is -0.0787. The Hall–Kier alpha value is -1.61. The molecule has 3 heteroatoms. The molecule has 1 aliphatic carbocycles. The van der Waals surface area contributed by atoms with Gasteiger partial charge in [-0.3, -0.25) is 0 Å². The largest absolute Gasteiger partial charge is 0.468 e. The van der Waals surface area contributed by atoms with Gasteiger partial charge >= 0.3 is 0 Å². The van der Waals surface area contributed by atoms with Gasteiger partial charge in [0.05, 0.1) is 12.3 Å². The van der Waals surface area contributed by atoms with Crippen LogP contribution >= 0.6 is 0 Å². The summed E-state index contributed by atoms with van der Waals surface area (Å²) < 4.78 is 19.0. The van der Waals surface area contributed by atoms with Gasteiger partial charge in [-0.15, -0.1) is 0 Å². The Balaban J connectivity index is 1.55. The summed E-state index contributed by atoms with van der Waals surface area (Å²) in [4.78, 5) is 0. The Kier molecular flexibility index (Phi) is 3.38. The zero-order valence-corrected chi connectivity index (χ0v) is 11.0. The molecule has 1 aromatic heterocycles. The summed E-state index contributed by atoms with van der Waals surface area (Å²) in [5.41, 5.74) is 0.853. The van der Waals surface area contributed by atoms with Crippen molar-refractivity contribution in [2.24, 2.45) is 0 Å². The molecule has 2 aromatic rings. The summed E-state index contributed by atoms with van der Waals surface area (Å²) in [6.45, 7) is 2.09. The molecule has 3 rings (SSSR count). The third-order valence-electron chi connectivity index (χ3n) is 3.94. The Bertz CT molecular complexity index is 531. The second-order valence-corrected chi connectivity index (χ2v) is 5.29. The van der Waals surface area contributed by atoms with Crippen molar-refractivity contribution in [2.45, 2.75) is 37.8 Å². The van der Waals surface area contributed by atoms with Gasteiger partial charge in [-0.25, -0.2) is 4.39 Å². The quantitative estimate of drug-likeness (QED) is 0.897. The summed E-state index contributed by atoms with van der Waals surface area (Å²) in [6, 6.07) is 11.6. The topological polar surface area (TPSA) is 25.2 Å². The fourth-order valence-electron chi connectivity index (χ4n) is 2.79. The highest BCUT2D eigenvalue weighted by molar-refractivity contribution is 5.25. The number of rotatable bonds is 4. The maximum atomic E-state index is 13.6. The second-order valence-electron chi connectivity index (χ2n) is 5.29. The van der Waals surface area contributed by atoms with Crippen LogP contribution in [0.1, 0.15) is 43.0 Å². The molecule has 1 aliphatic rings. The van der Waals surface area contributed by atoms with E-state index in [1.807, 2.05) is 24.3 Å². The van der Waals surface area contributed by atoms with E-state index in [2.05, 4.69) is 12.2 Å². The van der Waals surface area contributed by atoms with Gasteiger partial charge in [-0.2, -0.15) is 0 Å². The van der Waals surface area contributed by atoms with E-state index in [4.69, 9.17) is 4.42 Å². The van der Waals surface area contributed by atoms with Crippen LogP contribution in [0.15, 0.2) is 47.1 Å². The van der Waals surface area contributed by atoms with Gasteiger partial charge < -0.3 is 9.73 Å². The molecular formula is C16H18FNO. The minimum absolute atomic E-state index is 0.0787. The summed E-state index contributed by atoms with van der Waals surface area (Å²) >= 11 is 0. The molecule has 1 heterocycles. The molecule has 1 atom stereocenters. The van der Waals surface area contributed by atoms with E-state index in [-0.39, 0.29) is 11.9 Å². The first-order valence-corrected chi connectivity index (χ1v) is 6.78. The van der Waals surface area contributed by atoms with Crippen LogP contribution in [0, 0.1) is 5.82 Å². The molecule has 1 N–H and O–H groups in total. The smallest absolute Gasteiger partial charge is 0.126 e. The zero-order valence-electron chi connectivity index (χ0n) is 11.0. The highest BCUT2D eigenvalue weighted by atomic mass is 19.1. The van der Waals surface area contributed by atoms with Crippen LogP contribution in [0.3, 0.4) is 0 Å². The number of hydrogen-bond acceptors (Lipinski definition) is 2. The maximum absolute atomic E-state index is 13.6. The molecule has 0 aliphatic heterocycles. The Morgan fingerprint density at radius 1 is 1.21 bits per heavy atom. The van der Waals surface area contributed by atoms with Gasteiger partial charge in [0.2, 0.25) is 0 Å². The first-order valence-electron chi connectivity index (χ1n) is 6.78. The van der Waals surface area contributed by atoms with E-state index < -0.39 is 0 Å². The summed E-state index contributed by atoms with van der Waals surface area (Å²) in [5, 5.41) is 3.52. The van der Waals surface area contributed by atoms with E-state index in [0.717, 1.165) is 24.2 Å². The van der Waals surface area contributed by atoms with E-state index in [1.165, 1.54) is 0 Å². The average molecular weight is 259 g/mol. The second kappa shape index (κ2) is 5.17. The molecule has 0 amide bonds. The van der Waals surface area contributed by atoms with Crippen LogP contribution < -0.4 is 5.32 Å². The molecule has 0 bridgehead atoms. The van der Waals surface area contributed by atoms with Crippen molar-refractivity contribution < 1.29 is 8.81 Å². The predicted molar refractivity (Wildman–Crippen MR) is 72.4 cm³/mol. The lowest BCUT2D eigenvalue weighted by Crippen LogP contribution is -2.41. The van der Waals surface area contributed by atoms with Crippen molar-refractivity contribution in [1.29, 1.82) is 0 Å². The van der Waals surface area contributed by atoms with Crippen LogP contribution in [-0.4, -0.2) is 6.04 Å². The third kappa shape index (κ3) is 2.56. The van der Waals surface area contributed by atoms with Gasteiger partial charge in [-0.05, 0) is 49.4 Å². The van der Waals surface area contributed by atoms with Gasteiger partial charge in [0.25, 0.3) is 0 Å². The highest BCUT2D eigenvalue weighted by Gasteiger charge is 2.32. The summed E-state index contributed by atoms with van der Waals surface area (Å²) in [7, 11) is 0. The number of halogens is 1. The molecule has 1 fully saturated rings. The molecule has 0 unspecified atom stereocenters. The zero-order chi connectivity index (χ0) is 13.2. The summed E-state index contributed by atoms with van der Waals surface area (Å²) in [6.07, 6.45) is 3.67. The predicted octanol–water partition coefficient (Wildman–Crippen LogP) is 4.02. The Morgan fingerprint density at radius 3 is 2.68 bits per heavy atom. The number of furan rings is 1. The van der Waals surface area contributed by atoms with E-state index in [1.54, 1.807) is 18.4 Å². The van der Waals surface area contributed by atoms with Crippen LogP contribution in [0.4, 0.5) is 4.39 Å². The number of nitrogens with one attached hydrogen (secondary N) is 1. The molecule has 0 saturated heterocycles.